The highest BCUT2D eigenvalue weighted by Gasteiger charge is 2.31. The van der Waals surface area contributed by atoms with E-state index in [0.717, 1.165) is 0 Å². The van der Waals surface area contributed by atoms with Crippen LogP contribution in [0.4, 0.5) is 0 Å². The molecule has 0 aliphatic carbocycles. The lowest BCUT2D eigenvalue weighted by molar-refractivity contribution is 0.149. The summed E-state index contributed by atoms with van der Waals surface area (Å²) in [7, 11) is 0.918. The fourth-order valence-corrected chi connectivity index (χ4v) is 3.69. The molecule has 1 aromatic rings. The summed E-state index contributed by atoms with van der Waals surface area (Å²) in [5.41, 5.74) is 0. The van der Waals surface area contributed by atoms with Crippen molar-refractivity contribution in [2.24, 2.45) is 7.05 Å². The van der Waals surface area contributed by atoms with Crippen molar-refractivity contribution < 1.29 is 13.2 Å². The Balaban J connectivity index is 3.12. The molecule has 1 atom stereocenters. The van der Waals surface area contributed by atoms with E-state index in [1.807, 2.05) is 0 Å². The van der Waals surface area contributed by atoms with Gasteiger partial charge in [0.1, 0.15) is 0 Å². The van der Waals surface area contributed by atoms with Gasteiger partial charge in [0.15, 0.2) is 4.60 Å². The molecule has 9 heteroatoms. The molecule has 1 aromatic heterocycles. The quantitative estimate of drug-likeness (QED) is 0.774. The highest BCUT2D eigenvalue weighted by atomic mass is 79.9. The van der Waals surface area contributed by atoms with Crippen LogP contribution in [-0.4, -0.2) is 54.5 Å². The standard InChI is InChI=1S/C8H15BrN4O3S/c1-6(5-16-4)13(3)17(14,15)8-7(9)10-11-12(8)2/h6H,5H2,1-4H3. The zero-order valence-electron chi connectivity index (χ0n) is 10.1. The van der Waals surface area contributed by atoms with Gasteiger partial charge in [0.25, 0.3) is 10.0 Å². The Morgan fingerprint density at radius 3 is 2.59 bits per heavy atom. The Labute approximate surface area is 109 Å². The zero-order valence-corrected chi connectivity index (χ0v) is 12.5. The Kier molecular flexibility index (Phi) is 4.64. The number of halogens is 1. The van der Waals surface area contributed by atoms with Crippen LogP contribution >= 0.6 is 15.9 Å². The summed E-state index contributed by atoms with van der Waals surface area (Å²) >= 11 is 3.08. The summed E-state index contributed by atoms with van der Waals surface area (Å²) in [5.74, 6) is 0. The third-order valence-corrected chi connectivity index (χ3v) is 5.25. The number of aromatic nitrogens is 3. The van der Waals surface area contributed by atoms with Crippen molar-refractivity contribution in [3.05, 3.63) is 4.60 Å². The van der Waals surface area contributed by atoms with E-state index in [-0.39, 0.29) is 15.7 Å². The molecule has 0 N–H and O–H groups in total. The molecule has 0 aromatic carbocycles. The number of sulfonamides is 1. The van der Waals surface area contributed by atoms with Gasteiger partial charge in [-0.15, -0.1) is 5.10 Å². The van der Waals surface area contributed by atoms with Crippen molar-refractivity contribution in [1.29, 1.82) is 0 Å². The smallest absolute Gasteiger partial charge is 0.263 e. The van der Waals surface area contributed by atoms with E-state index < -0.39 is 10.0 Å². The topological polar surface area (TPSA) is 77.3 Å². The van der Waals surface area contributed by atoms with Crippen LogP contribution in [0.25, 0.3) is 0 Å². The van der Waals surface area contributed by atoms with Gasteiger partial charge in [-0.05, 0) is 22.9 Å². The molecule has 1 unspecified atom stereocenters. The van der Waals surface area contributed by atoms with Crippen LogP contribution in [0.1, 0.15) is 6.92 Å². The van der Waals surface area contributed by atoms with E-state index in [4.69, 9.17) is 4.74 Å². The molecule has 0 amide bonds. The predicted octanol–water partition coefficient (Wildman–Crippen LogP) is 0.233. The second-order valence-corrected chi connectivity index (χ2v) is 6.30. The fourth-order valence-electron chi connectivity index (χ4n) is 1.32. The van der Waals surface area contributed by atoms with Crippen molar-refractivity contribution >= 4 is 26.0 Å². The monoisotopic (exact) mass is 326 g/mol. The van der Waals surface area contributed by atoms with Crippen molar-refractivity contribution in [3.63, 3.8) is 0 Å². The summed E-state index contributed by atoms with van der Waals surface area (Å²) in [6.07, 6.45) is 0. The van der Waals surface area contributed by atoms with Crippen LogP contribution in [0.5, 0.6) is 0 Å². The number of likely N-dealkylation sites (N-methyl/N-ethyl adjacent to an activating group) is 1. The van der Waals surface area contributed by atoms with Gasteiger partial charge >= 0.3 is 0 Å². The maximum atomic E-state index is 12.3. The average Bonchev–Trinajstić information content (AvgIpc) is 2.58. The Morgan fingerprint density at radius 1 is 1.59 bits per heavy atom. The van der Waals surface area contributed by atoms with Crippen LogP contribution in [0.3, 0.4) is 0 Å². The third kappa shape index (κ3) is 2.84. The van der Waals surface area contributed by atoms with E-state index in [0.29, 0.717) is 6.61 Å². The summed E-state index contributed by atoms with van der Waals surface area (Å²) in [6, 6.07) is -0.271. The van der Waals surface area contributed by atoms with Crippen molar-refractivity contribution in [1.82, 2.24) is 19.3 Å². The Bertz CT molecular complexity index is 467. The van der Waals surface area contributed by atoms with E-state index in [1.54, 1.807) is 6.92 Å². The van der Waals surface area contributed by atoms with E-state index in [1.165, 1.54) is 30.2 Å². The van der Waals surface area contributed by atoms with Gasteiger partial charge in [0.2, 0.25) is 5.03 Å². The van der Waals surface area contributed by atoms with Crippen LogP contribution < -0.4 is 0 Å². The lowest BCUT2D eigenvalue weighted by Crippen LogP contribution is -2.38. The molecule has 0 fully saturated rings. The van der Waals surface area contributed by atoms with Crippen molar-refractivity contribution in [2.75, 3.05) is 20.8 Å². The second kappa shape index (κ2) is 5.42. The molecule has 0 saturated carbocycles. The molecule has 0 radical (unpaired) electrons. The number of ether oxygens (including phenoxy) is 1. The van der Waals surface area contributed by atoms with Crippen LogP contribution in [-0.2, 0) is 21.8 Å². The van der Waals surface area contributed by atoms with Gasteiger partial charge in [0.05, 0.1) is 6.61 Å². The average molecular weight is 327 g/mol. The predicted molar refractivity (Wildman–Crippen MR) is 65.0 cm³/mol. The Hall–Kier alpha value is -0.510. The summed E-state index contributed by atoms with van der Waals surface area (Å²) < 4.78 is 32.2. The molecule has 1 heterocycles. The molecule has 0 aliphatic heterocycles. The largest absolute Gasteiger partial charge is 0.383 e. The van der Waals surface area contributed by atoms with Crippen molar-refractivity contribution in [3.8, 4) is 0 Å². The van der Waals surface area contributed by atoms with Gasteiger partial charge in [-0.25, -0.2) is 13.1 Å². The first-order chi connectivity index (χ1) is 7.82. The molecule has 0 bridgehead atoms. The number of hydrogen-bond donors (Lipinski definition) is 0. The molecule has 7 nitrogen and oxygen atoms in total. The SMILES string of the molecule is COCC(C)N(C)S(=O)(=O)c1c(Br)nnn1C. The number of hydrogen-bond acceptors (Lipinski definition) is 5. The van der Waals surface area contributed by atoms with Gasteiger partial charge in [0, 0.05) is 27.2 Å². The molecule has 98 valence electrons. The highest BCUT2D eigenvalue weighted by molar-refractivity contribution is 9.10. The van der Waals surface area contributed by atoms with Crippen LogP contribution in [0.15, 0.2) is 9.63 Å². The normalized spacial score (nSPS) is 14.2. The maximum Gasteiger partial charge on any atom is 0.263 e. The molecular weight excluding hydrogens is 312 g/mol. The first kappa shape index (κ1) is 14.6. The number of nitrogens with zero attached hydrogens (tertiary/aromatic N) is 4. The van der Waals surface area contributed by atoms with Crippen LogP contribution in [0.2, 0.25) is 0 Å². The fraction of sp³-hybridized carbons (Fsp3) is 0.750. The summed E-state index contributed by atoms with van der Waals surface area (Å²) in [4.78, 5) is 0. The number of rotatable bonds is 5. The summed E-state index contributed by atoms with van der Waals surface area (Å²) in [5, 5.41) is 7.35. The van der Waals surface area contributed by atoms with Crippen LogP contribution in [0, 0.1) is 0 Å². The second-order valence-electron chi connectivity index (χ2n) is 3.63. The first-order valence-electron chi connectivity index (χ1n) is 4.84. The number of aryl methyl sites for hydroxylation is 1. The summed E-state index contributed by atoms with van der Waals surface area (Å²) in [6.45, 7) is 2.08. The van der Waals surface area contributed by atoms with E-state index in [2.05, 4.69) is 26.2 Å². The minimum absolute atomic E-state index is 0.0305. The van der Waals surface area contributed by atoms with E-state index in [9.17, 15) is 8.42 Å². The highest BCUT2D eigenvalue weighted by Crippen LogP contribution is 2.22. The molecule has 1 rings (SSSR count). The van der Waals surface area contributed by atoms with E-state index >= 15 is 0 Å². The maximum absolute atomic E-state index is 12.3. The number of methoxy groups -OCH3 is 1. The zero-order chi connectivity index (χ0) is 13.2. The van der Waals surface area contributed by atoms with Gasteiger partial charge in [-0.3, -0.25) is 0 Å². The lowest BCUT2D eigenvalue weighted by Gasteiger charge is -2.23. The molecule has 0 aliphatic rings. The van der Waals surface area contributed by atoms with Gasteiger partial charge in [-0.1, -0.05) is 5.21 Å². The minimum atomic E-state index is -3.63. The molecule has 17 heavy (non-hydrogen) atoms. The van der Waals surface area contributed by atoms with Gasteiger partial charge < -0.3 is 4.74 Å². The van der Waals surface area contributed by atoms with Gasteiger partial charge in [-0.2, -0.15) is 4.31 Å². The minimum Gasteiger partial charge on any atom is -0.383 e. The van der Waals surface area contributed by atoms with Crippen molar-refractivity contribution in [2.45, 2.75) is 18.0 Å². The Morgan fingerprint density at radius 2 is 2.18 bits per heavy atom. The third-order valence-electron chi connectivity index (χ3n) is 2.39. The molecular formula is C8H15BrN4O3S. The first-order valence-corrected chi connectivity index (χ1v) is 7.07. The molecule has 0 spiro atoms. The molecule has 0 saturated heterocycles. The lowest BCUT2D eigenvalue weighted by atomic mass is 10.4.